The van der Waals surface area contributed by atoms with Crippen LogP contribution in [-0.4, -0.2) is 29.8 Å². The largest absolute Gasteiger partial charge is 0.407 e. The Balaban J connectivity index is 1.59. The molecule has 1 atom stereocenters. The maximum atomic E-state index is 5.74. The number of benzene rings is 1. The fourth-order valence-electron chi connectivity index (χ4n) is 2.75. The molecule has 1 N–H and O–H groups in total. The zero-order chi connectivity index (χ0) is 14.5. The quantitative estimate of drug-likeness (QED) is 0.827. The molecule has 1 saturated heterocycles. The molecule has 112 valence electrons. The van der Waals surface area contributed by atoms with Crippen LogP contribution in [-0.2, 0) is 6.54 Å². The Morgan fingerprint density at radius 2 is 2.14 bits per heavy atom. The Kier molecular flexibility index (Phi) is 4.50. The summed E-state index contributed by atoms with van der Waals surface area (Å²) < 4.78 is 5.74. The monoisotopic (exact) mass is 286 g/mol. The number of rotatable bonds is 6. The van der Waals surface area contributed by atoms with E-state index in [1.54, 1.807) is 0 Å². The van der Waals surface area contributed by atoms with E-state index in [4.69, 9.17) is 4.42 Å². The molecular formula is C16H22N4O. The Labute approximate surface area is 125 Å². The minimum atomic E-state index is 0.555. The molecule has 0 radical (unpaired) electrons. The highest BCUT2D eigenvalue weighted by molar-refractivity contribution is 5.32. The van der Waals surface area contributed by atoms with Gasteiger partial charge in [-0.25, -0.2) is 0 Å². The second kappa shape index (κ2) is 6.72. The number of anilines is 1. The molecule has 0 bridgehead atoms. The maximum absolute atomic E-state index is 5.74. The van der Waals surface area contributed by atoms with Crippen molar-refractivity contribution in [2.24, 2.45) is 0 Å². The molecule has 0 amide bonds. The van der Waals surface area contributed by atoms with Crippen molar-refractivity contribution in [1.29, 1.82) is 0 Å². The summed E-state index contributed by atoms with van der Waals surface area (Å²) in [6.07, 6.45) is 2.24. The van der Waals surface area contributed by atoms with Crippen molar-refractivity contribution in [1.82, 2.24) is 15.5 Å². The molecule has 21 heavy (non-hydrogen) atoms. The molecule has 5 nitrogen and oxygen atoms in total. The van der Waals surface area contributed by atoms with Crippen molar-refractivity contribution in [3.8, 4) is 0 Å². The van der Waals surface area contributed by atoms with Crippen LogP contribution in [0.2, 0.25) is 0 Å². The third-order valence-electron chi connectivity index (χ3n) is 3.89. The number of nitrogens with one attached hydrogen (secondary N) is 1. The van der Waals surface area contributed by atoms with Gasteiger partial charge < -0.3 is 14.6 Å². The van der Waals surface area contributed by atoms with Gasteiger partial charge >= 0.3 is 6.01 Å². The molecule has 0 aliphatic carbocycles. The zero-order valence-electron chi connectivity index (χ0n) is 12.5. The summed E-state index contributed by atoms with van der Waals surface area (Å²) >= 11 is 0. The lowest BCUT2D eigenvalue weighted by molar-refractivity contribution is 0.465. The van der Waals surface area contributed by atoms with Crippen LogP contribution in [0.15, 0.2) is 34.7 Å². The molecule has 1 aromatic heterocycles. The van der Waals surface area contributed by atoms with Crippen molar-refractivity contribution in [3.63, 3.8) is 0 Å². The summed E-state index contributed by atoms with van der Waals surface area (Å²) in [4.78, 5) is 2.19. The van der Waals surface area contributed by atoms with E-state index in [1.807, 2.05) is 0 Å². The van der Waals surface area contributed by atoms with E-state index >= 15 is 0 Å². The Morgan fingerprint density at radius 1 is 1.29 bits per heavy atom. The smallest absolute Gasteiger partial charge is 0.318 e. The van der Waals surface area contributed by atoms with Crippen LogP contribution < -0.4 is 10.2 Å². The summed E-state index contributed by atoms with van der Waals surface area (Å²) in [5.41, 5.74) is 1.39. The second-order valence-corrected chi connectivity index (χ2v) is 5.50. The van der Waals surface area contributed by atoms with Gasteiger partial charge in [0, 0.05) is 19.0 Å². The van der Waals surface area contributed by atoms with Crippen LogP contribution in [0, 0.1) is 0 Å². The molecule has 3 rings (SSSR count). The van der Waals surface area contributed by atoms with Crippen LogP contribution in [0.1, 0.15) is 37.1 Å². The molecule has 5 heteroatoms. The average molecular weight is 286 g/mol. The second-order valence-electron chi connectivity index (χ2n) is 5.50. The van der Waals surface area contributed by atoms with E-state index in [0.29, 0.717) is 24.4 Å². The summed E-state index contributed by atoms with van der Waals surface area (Å²) in [6.45, 7) is 5.69. The first kappa shape index (κ1) is 14.1. The van der Waals surface area contributed by atoms with Gasteiger partial charge in [-0.15, -0.1) is 5.10 Å². The van der Waals surface area contributed by atoms with Crippen molar-refractivity contribution < 1.29 is 4.42 Å². The summed E-state index contributed by atoms with van der Waals surface area (Å²) in [6, 6.07) is 11.3. The Bertz CT molecular complexity index is 554. The highest BCUT2D eigenvalue weighted by atomic mass is 16.4. The average Bonchev–Trinajstić information content (AvgIpc) is 3.17. The fourth-order valence-corrected chi connectivity index (χ4v) is 2.75. The van der Waals surface area contributed by atoms with Gasteiger partial charge in [-0.2, -0.15) is 0 Å². The minimum absolute atomic E-state index is 0.555. The van der Waals surface area contributed by atoms with Crippen LogP contribution in [0.3, 0.4) is 0 Å². The van der Waals surface area contributed by atoms with Crippen molar-refractivity contribution in [2.75, 3.05) is 24.5 Å². The Morgan fingerprint density at radius 3 is 2.95 bits per heavy atom. The summed E-state index contributed by atoms with van der Waals surface area (Å²) in [7, 11) is 0. The van der Waals surface area contributed by atoms with Gasteiger partial charge in [0.2, 0.25) is 5.89 Å². The summed E-state index contributed by atoms with van der Waals surface area (Å²) in [5, 5.41) is 11.6. The lowest BCUT2D eigenvalue weighted by Gasteiger charge is -2.13. The van der Waals surface area contributed by atoms with E-state index < -0.39 is 0 Å². The van der Waals surface area contributed by atoms with Crippen LogP contribution in [0.25, 0.3) is 0 Å². The van der Waals surface area contributed by atoms with Gasteiger partial charge in [-0.3, -0.25) is 0 Å². The van der Waals surface area contributed by atoms with E-state index in [2.05, 4.69) is 57.7 Å². The normalized spacial score (nSPS) is 18.3. The molecule has 1 fully saturated rings. The van der Waals surface area contributed by atoms with Crippen molar-refractivity contribution in [2.45, 2.75) is 32.2 Å². The molecule has 1 aliphatic rings. The van der Waals surface area contributed by atoms with Crippen LogP contribution >= 0.6 is 0 Å². The third-order valence-corrected chi connectivity index (χ3v) is 3.89. The van der Waals surface area contributed by atoms with E-state index in [-0.39, 0.29) is 0 Å². The lowest BCUT2D eigenvalue weighted by Crippen LogP contribution is -2.19. The standard InChI is InChI=1S/C16H22N4O/c1-2-9-17-11-15-18-19-16(21-15)20-10-8-14(12-20)13-6-4-3-5-7-13/h3-7,14,17H,2,8-12H2,1H3. The molecule has 1 aromatic carbocycles. The number of nitrogens with zero attached hydrogens (tertiary/aromatic N) is 3. The first-order chi connectivity index (χ1) is 10.4. The number of hydrogen-bond donors (Lipinski definition) is 1. The highest BCUT2D eigenvalue weighted by Crippen LogP contribution is 2.29. The van der Waals surface area contributed by atoms with Crippen LogP contribution in [0.4, 0.5) is 6.01 Å². The SMILES string of the molecule is CCCNCc1nnc(N2CCC(c3ccccc3)C2)o1. The van der Waals surface area contributed by atoms with Gasteiger partial charge in [-0.05, 0) is 24.9 Å². The molecule has 2 heterocycles. The topological polar surface area (TPSA) is 54.2 Å². The lowest BCUT2D eigenvalue weighted by atomic mass is 9.99. The van der Waals surface area contributed by atoms with Crippen molar-refractivity contribution in [3.05, 3.63) is 41.8 Å². The molecule has 0 spiro atoms. The van der Waals surface area contributed by atoms with Gasteiger partial charge in [0.15, 0.2) is 0 Å². The number of aromatic nitrogens is 2. The van der Waals surface area contributed by atoms with E-state index in [9.17, 15) is 0 Å². The Hall–Kier alpha value is -1.88. The molecule has 2 aromatic rings. The van der Waals surface area contributed by atoms with Crippen LogP contribution in [0.5, 0.6) is 0 Å². The molecule has 0 saturated carbocycles. The van der Waals surface area contributed by atoms with E-state index in [1.165, 1.54) is 5.56 Å². The predicted octanol–water partition coefficient (Wildman–Crippen LogP) is 2.56. The first-order valence-electron chi connectivity index (χ1n) is 7.70. The predicted molar refractivity (Wildman–Crippen MR) is 82.3 cm³/mol. The third kappa shape index (κ3) is 3.42. The molecule has 1 aliphatic heterocycles. The summed E-state index contributed by atoms with van der Waals surface area (Å²) in [5.74, 6) is 1.22. The van der Waals surface area contributed by atoms with Gasteiger partial charge in [-0.1, -0.05) is 42.4 Å². The molecule has 1 unspecified atom stereocenters. The molecular weight excluding hydrogens is 264 g/mol. The van der Waals surface area contributed by atoms with Gasteiger partial charge in [0.1, 0.15) is 0 Å². The fraction of sp³-hybridized carbons (Fsp3) is 0.500. The zero-order valence-corrected chi connectivity index (χ0v) is 12.5. The van der Waals surface area contributed by atoms with Crippen molar-refractivity contribution >= 4 is 6.01 Å². The number of hydrogen-bond acceptors (Lipinski definition) is 5. The highest BCUT2D eigenvalue weighted by Gasteiger charge is 2.27. The minimum Gasteiger partial charge on any atom is -0.407 e. The van der Waals surface area contributed by atoms with E-state index in [0.717, 1.165) is 32.5 Å². The maximum Gasteiger partial charge on any atom is 0.318 e. The van der Waals surface area contributed by atoms with Gasteiger partial charge in [0.25, 0.3) is 0 Å². The van der Waals surface area contributed by atoms with Gasteiger partial charge in [0.05, 0.1) is 6.54 Å². The first-order valence-corrected chi connectivity index (χ1v) is 7.70.